The third-order valence-electron chi connectivity index (χ3n) is 4.55. The molecule has 2 aliphatic heterocycles. The lowest BCUT2D eigenvalue weighted by molar-refractivity contribution is -0.662. The first-order chi connectivity index (χ1) is 9.99. The highest BCUT2D eigenvalue weighted by Crippen LogP contribution is 2.42. The summed E-state index contributed by atoms with van der Waals surface area (Å²) in [5.41, 5.74) is 0. The summed E-state index contributed by atoms with van der Waals surface area (Å²) in [6, 6.07) is 0. The molecule has 0 atom stereocenters. The summed E-state index contributed by atoms with van der Waals surface area (Å²) in [4.78, 5) is 22.1. The highest BCUT2D eigenvalue weighted by molar-refractivity contribution is 7.89. The summed E-state index contributed by atoms with van der Waals surface area (Å²) in [5.74, 6) is -1.63. The van der Waals surface area contributed by atoms with Crippen molar-refractivity contribution in [2.45, 2.75) is 63.4 Å². The number of hydrogen-bond donors (Lipinski definition) is 0. The molecule has 122 valence electrons. The number of piperidine rings is 1. The average Bonchev–Trinajstić information content (AvgIpc) is 2.52. The van der Waals surface area contributed by atoms with E-state index in [0.29, 0.717) is 25.9 Å². The molecule has 0 aromatic carbocycles. The quantitative estimate of drug-likeness (QED) is 0.721. The Hall–Kier alpha value is -0.250. The Morgan fingerprint density at radius 3 is 1.81 bits per heavy atom. The van der Waals surface area contributed by atoms with Crippen molar-refractivity contribution in [3.05, 3.63) is 0 Å². The van der Waals surface area contributed by atoms with Crippen molar-refractivity contribution in [3.8, 4) is 0 Å². The largest absolute Gasteiger partial charge is 0.236 e. The van der Waals surface area contributed by atoms with Crippen LogP contribution >= 0.6 is 0 Å². The van der Waals surface area contributed by atoms with Crippen molar-refractivity contribution in [2.24, 2.45) is 0 Å². The summed E-state index contributed by atoms with van der Waals surface area (Å²) in [6.07, 6.45) is 5.57. The molecule has 3 fully saturated rings. The molecule has 3 rings (SSSR count). The first-order valence-corrected chi connectivity index (χ1v) is 9.32. The van der Waals surface area contributed by atoms with Gasteiger partial charge in [0, 0.05) is 38.8 Å². The maximum atomic E-state index is 11.8. The van der Waals surface area contributed by atoms with Crippen LogP contribution in [0, 0.1) is 0 Å². The van der Waals surface area contributed by atoms with Gasteiger partial charge in [-0.15, -0.1) is 0 Å². The van der Waals surface area contributed by atoms with Gasteiger partial charge in [0.2, 0.25) is 21.6 Å². The molecule has 8 heteroatoms. The second-order valence-electron chi connectivity index (χ2n) is 6.01. The Balaban J connectivity index is 1.57. The predicted octanol–water partition coefficient (Wildman–Crippen LogP) is 1.70. The van der Waals surface area contributed by atoms with E-state index in [1.54, 1.807) is 6.92 Å². The first kappa shape index (κ1) is 15.6. The van der Waals surface area contributed by atoms with E-state index in [9.17, 15) is 8.42 Å². The van der Waals surface area contributed by atoms with Crippen LogP contribution in [0.1, 0.15) is 51.9 Å². The normalized spacial score (nSPS) is 29.8. The number of hydrogen-bond acceptors (Lipinski definition) is 6. The second-order valence-corrected chi connectivity index (χ2v) is 8.27. The highest BCUT2D eigenvalue weighted by Gasteiger charge is 2.51. The maximum Gasteiger partial charge on any atom is 0.236 e. The van der Waals surface area contributed by atoms with E-state index in [1.165, 1.54) is 10.7 Å². The Kier molecular flexibility index (Phi) is 4.28. The lowest BCUT2D eigenvalue weighted by atomic mass is 9.94. The maximum absolute atomic E-state index is 11.8. The van der Waals surface area contributed by atoms with E-state index in [1.807, 2.05) is 0 Å². The minimum atomic E-state index is -3.16. The molecule has 3 aliphatic rings. The van der Waals surface area contributed by atoms with Gasteiger partial charge in [-0.1, -0.05) is 6.42 Å². The van der Waals surface area contributed by atoms with Gasteiger partial charge in [-0.3, -0.25) is 0 Å². The van der Waals surface area contributed by atoms with Crippen molar-refractivity contribution in [3.63, 3.8) is 0 Å². The molecule has 1 aliphatic carbocycles. The van der Waals surface area contributed by atoms with Crippen molar-refractivity contribution >= 4 is 10.0 Å². The van der Waals surface area contributed by atoms with Crippen LogP contribution in [0.4, 0.5) is 0 Å². The fraction of sp³-hybridized carbons (Fsp3) is 1.00. The zero-order valence-corrected chi connectivity index (χ0v) is 13.2. The Morgan fingerprint density at radius 2 is 1.33 bits per heavy atom. The van der Waals surface area contributed by atoms with Crippen molar-refractivity contribution in [2.75, 3.05) is 18.8 Å². The van der Waals surface area contributed by atoms with Crippen LogP contribution in [0.15, 0.2) is 0 Å². The van der Waals surface area contributed by atoms with Gasteiger partial charge in [-0.25, -0.2) is 12.7 Å². The predicted molar refractivity (Wildman–Crippen MR) is 73.2 cm³/mol. The number of sulfonamides is 1. The molecule has 0 aromatic heterocycles. The van der Waals surface area contributed by atoms with Crippen LogP contribution < -0.4 is 0 Å². The molecular weight excluding hydrogens is 298 g/mol. The van der Waals surface area contributed by atoms with E-state index in [-0.39, 0.29) is 5.75 Å². The minimum Gasteiger partial charge on any atom is -0.212 e. The van der Waals surface area contributed by atoms with Gasteiger partial charge in [-0.05, 0) is 19.8 Å². The third-order valence-corrected chi connectivity index (χ3v) is 6.43. The monoisotopic (exact) mass is 321 g/mol. The van der Waals surface area contributed by atoms with Crippen LogP contribution in [-0.4, -0.2) is 43.1 Å². The zero-order valence-electron chi connectivity index (χ0n) is 12.4. The molecule has 21 heavy (non-hydrogen) atoms. The minimum absolute atomic E-state index is 0.109. The molecule has 0 radical (unpaired) electrons. The van der Waals surface area contributed by atoms with Crippen LogP contribution in [0.5, 0.6) is 0 Å². The molecule has 0 N–H and O–H groups in total. The molecule has 2 saturated heterocycles. The fourth-order valence-corrected chi connectivity index (χ4v) is 4.15. The topological polar surface area (TPSA) is 74.3 Å². The first-order valence-electron chi connectivity index (χ1n) is 7.71. The van der Waals surface area contributed by atoms with Crippen LogP contribution in [0.3, 0.4) is 0 Å². The Morgan fingerprint density at radius 1 is 0.857 bits per heavy atom. The molecule has 1 saturated carbocycles. The second kappa shape index (κ2) is 5.75. The molecule has 2 spiro atoms. The standard InChI is InChI=1S/C13H23NO6S/c1-2-21(15,16)14-10-8-13(9-11-14)19-17-12(18-20-13)6-4-3-5-7-12/h2-11H2,1H3. The van der Waals surface area contributed by atoms with Gasteiger partial charge in [0.25, 0.3) is 0 Å². The number of rotatable bonds is 2. The van der Waals surface area contributed by atoms with Gasteiger partial charge >= 0.3 is 0 Å². The van der Waals surface area contributed by atoms with Crippen molar-refractivity contribution in [1.29, 1.82) is 0 Å². The average molecular weight is 321 g/mol. The summed E-state index contributed by atoms with van der Waals surface area (Å²) >= 11 is 0. The molecule has 0 unspecified atom stereocenters. The van der Waals surface area contributed by atoms with Crippen LogP contribution in [-0.2, 0) is 29.6 Å². The molecule has 0 amide bonds. The van der Waals surface area contributed by atoms with Gasteiger partial charge in [0.15, 0.2) is 0 Å². The SMILES string of the molecule is CCS(=O)(=O)N1CCC2(CC1)OOC1(CCCCC1)OO2. The Labute approximate surface area is 125 Å². The lowest BCUT2D eigenvalue weighted by Gasteiger charge is -2.46. The lowest BCUT2D eigenvalue weighted by Crippen LogP contribution is -2.56. The van der Waals surface area contributed by atoms with E-state index in [0.717, 1.165) is 25.7 Å². The molecular formula is C13H23NO6S. The summed E-state index contributed by atoms with van der Waals surface area (Å²) in [5, 5.41) is 0. The fourth-order valence-electron chi connectivity index (χ4n) is 3.04. The van der Waals surface area contributed by atoms with Gasteiger partial charge in [0.1, 0.15) is 0 Å². The van der Waals surface area contributed by atoms with Gasteiger partial charge in [0.05, 0.1) is 5.75 Å². The van der Waals surface area contributed by atoms with Crippen molar-refractivity contribution in [1.82, 2.24) is 4.31 Å². The van der Waals surface area contributed by atoms with E-state index in [2.05, 4.69) is 0 Å². The third kappa shape index (κ3) is 3.11. The van der Waals surface area contributed by atoms with E-state index >= 15 is 0 Å². The molecule has 0 bridgehead atoms. The van der Waals surface area contributed by atoms with Crippen LogP contribution in [0.2, 0.25) is 0 Å². The highest BCUT2D eigenvalue weighted by atomic mass is 32.2. The van der Waals surface area contributed by atoms with Gasteiger partial charge in [-0.2, -0.15) is 19.6 Å². The van der Waals surface area contributed by atoms with Crippen molar-refractivity contribution < 1.29 is 28.0 Å². The smallest absolute Gasteiger partial charge is 0.212 e. The number of nitrogens with zero attached hydrogens (tertiary/aromatic N) is 1. The Bertz CT molecular complexity index is 453. The van der Waals surface area contributed by atoms with E-state index < -0.39 is 21.6 Å². The summed E-state index contributed by atoms with van der Waals surface area (Å²) < 4.78 is 25.2. The van der Waals surface area contributed by atoms with E-state index in [4.69, 9.17) is 19.6 Å². The molecule has 7 nitrogen and oxygen atoms in total. The summed E-state index contributed by atoms with van der Waals surface area (Å²) in [6.45, 7) is 2.36. The molecule has 0 aromatic rings. The van der Waals surface area contributed by atoms with Gasteiger partial charge < -0.3 is 0 Å². The summed E-state index contributed by atoms with van der Waals surface area (Å²) in [7, 11) is -3.16. The van der Waals surface area contributed by atoms with Crippen LogP contribution in [0.25, 0.3) is 0 Å². The zero-order chi connectivity index (χ0) is 15.0. The molecule has 2 heterocycles.